The van der Waals surface area contributed by atoms with Crippen LogP contribution in [0, 0.1) is 0 Å². The van der Waals surface area contributed by atoms with Gasteiger partial charge in [-0.3, -0.25) is 4.79 Å². The average molecular weight is 601 g/mol. The second kappa shape index (κ2) is 11.1. The Bertz CT molecular complexity index is 1430. The Morgan fingerprint density at radius 1 is 1.10 bits per heavy atom. The summed E-state index contributed by atoms with van der Waals surface area (Å²) in [6, 6.07) is 4.41. The molecule has 40 heavy (non-hydrogen) atoms. The second-order valence-corrected chi connectivity index (χ2v) is 13.1. The normalized spacial score (nSPS) is 17.3. The van der Waals surface area contributed by atoms with E-state index >= 15 is 0 Å². The summed E-state index contributed by atoms with van der Waals surface area (Å²) in [5.74, 6) is -3.38. The van der Waals surface area contributed by atoms with Crippen molar-refractivity contribution in [3.63, 3.8) is 0 Å². The molecule has 1 aliphatic carbocycles. The predicted octanol–water partition coefficient (Wildman–Crippen LogP) is 4.09. The zero-order valence-corrected chi connectivity index (χ0v) is 24.2. The van der Waals surface area contributed by atoms with Gasteiger partial charge in [0.25, 0.3) is 11.8 Å². The molecule has 1 saturated heterocycles. The Kier molecular flexibility index (Phi) is 8.28. The van der Waals surface area contributed by atoms with E-state index in [2.05, 4.69) is 9.97 Å². The molecule has 10 nitrogen and oxygen atoms in total. The number of amides is 2. The lowest BCUT2D eigenvalue weighted by Gasteiger charge is -2.26. The van der Waals surface area contributed by atoms with Crippen molar-refractivity contribution < 1.29 is 36.3 Å². The highest BCUT2D eigenvalue weighted by molar-refractivity contribution is 7.90. The molecule has 0 atom stereocenters. The molecule has 1 aliphatic heterocycles. The summed E-state index contributed by atoms with van der Waals surface area (Å²) < 4.78 is 64.1. The molecule has 0 radical (unpaired) electrons. The van der Waals surface area contributed by atoms with Gasteiger partial charge in [-0.25, -0.2) is 23.2 Å². The molecule has 1 aromatic heterocycles. The molecule has 1 aromatic carbocycles. The number of aromatic nitrogens is 2. The quantitative estimate of drug-likeness (QED) is 0.471. The summed E-state index contributed by atoms with van der Waals surface area (Å²) in [7, 11) is -3.96. The molecular formula is C26H31ClF2N4O6S. The highest BCUT2D eigenvalue weighted by Gasteiger charge is 2.43. The number of sulfone groups is 1. The van der Waals surface area contributed by atoms with Crippen LogP contribution in [0.15, 0.2) is 23.4 Å². The third kappa shape index (κ3) is 6.80. The molecule has 4 rings (SSSR count). The minimum absolute atomic E-state index is 0.0206. The number of fused-ring (bicyclic) bond motifs is 1. The van der Waals surface area contributed by atoms with Gasteiger partial charge in [-0.1, -0.05) is 11.6 Å². The van der Waals surface area contributed by atoms with Crippen molar-refractivity contribution in [1.82, 2.24) is 19.8 Å². The Morgan fingerprint density at radius 2 is 1.77 bits per heavy atom. The van der Waals surface area contributed by atoms with E-state index in [1.807, 2.05) is 0 Å². The summed E-state index contributed by atoms with van der Waals surface area (Å²) in [4.78, 5) is 36.1. The lowest BCUT2D eigenvalue weighted by Crippen LogP contribution is -2.41. The van der Waals surface area contributed by atoms with Crippen molar-refractivity contribution in [2.24, 2.45) is 0 Å². The number of carbonyl (C=O) groups is 2. The third-order valence-corrected chi connectivity index (χ3v) is 7.55. The largest absolute Gasteiger partial charge is 0.482 e. The van der Waals surface area contributed by atoms with Gasteiger partial charge in [-0.15, -0.1) is 0 Å². The maximum absolute atomic E-state index is 14.4. The molecule has 2 aliphatic rings. The van der Waals surface area contributed by atoms with Gasteiger partial charge in [0.2, 0.25) is 15.0 Å². The maximum Gasteiger partial charge on any atom is 0.410 e. The molecule has 0 N–H and O–H groups in total. The van der Waals surface area contributed by atoms with Crippen LogP contribution in [-0.4, -0.2) is 84.8 Å². The molecule has 0 spiro atoms. The molecule has 14 heteroatoms. The number of nitrogens with zero attached hydrogens (tertiary/aromatic N) is 4. The molecule has 0 saturated carbocycles. The van der Waals surface area contributed by atoms with Crippen molar-refractivity contribution in [3.8, 4) is 17.0 Å². The van der Waals surface area contributed by atoms with E-state index in [0.29, 0.717) is 38.2 Å². The molecule has 2 heterocycles. The van der Waals surface area contributed by atoms with Crippen LogP contribution in [-0.2, 0) is 31.7 Å². The van der Waals surface area contributed by atoms with Crippen LogP contribution in [0.4, 0.5) is 13.6 Å². The van der Waals surface area contributed by atoms with E-state index in [-0.39, 0.29) is 41.0 Å². The molecule has 0 unspecified atom stereocenters. The Labute approximate surface area is 236 Å². The summed E-state index contributed by atoms with van der Waals surface area (Å²) in [5, 5.41) is -0.595. The zero-order valence-electron chi connectivity index (χ0n) is 22.7. The number of carbonyl (C=O) groups excluding carboxylic acids is 2. The van der Waals surface area contributed by atoms with E-state index in [0.717, 1.165) is 6.26 Å². The van der Waals surface area contributed by atoms with Crippen molar-refractivity contribution in [2.75, 3.05) is 39.0 Å². The Morgan fingerprint density at radius 3 is 2.42 bits per heavy atom. The monoisotopic (exact) mass is 600 g/mol. The first-order chi connectivity index (χ1) is 18.5. The van der Waals surface area contributed by atoms with Crippen molar-refractivity contribution in [1.29, 1.82) is 0 Å². The Hall–Kier alpha value is -3.06. The molecule has 2 aromatic rings. The number of alkyl halides is 2. The highest BCUT2D eigenvalue weighted by Crippen LogP contribution is 2.44. The lowest BCUT2D eigenvalue weighted by atomic mass is 10.1. The molecular weight excluding hydrogens is 570 g/mol. The van der Waals surface area contributed by atoms with Crippen LogP contribution >= 0.6 is 11.6 Å². The fraction of sp³-hybridized carbons (Fsp3) is 0.538. The van der Waals surface area contributed by atoms with Gasteiger partial charge in [0, 0.05) is 50.0 Å². The summed E-state index contributed by atoms with van der Waals surface area (Å²) in [6.45, 7) is 6.62. The summed E-state index contributed by atoms with van der Waals surface area (Å²) in [5.41, 5.74) is -0.664. The number of ether oxygens (including phenoxy) is 2. The number of hydrogen-bond donors (Lipinski definition) is 0. The second-order valence-electron chi connectivity index (χ2n) is 10.8. The topological polar surface area (TPSA) is 119 Å². The van der Waals surface area contributed by atoms with Gasteiger partial charge in [-0.2, -0.15) is 8.78 Å². The standard InChI is InChI=1S/C26H31ClF2N4O6S/c1-25(2,3)39-24(35)33-11-5-10-32(12-13-33)20(34)15-38-19-7-6-16(14-18(19)27)21-17-8-9-26(28,29)22(17)31-23(30-21)40(4,36)37/h6-7,14H,5,8-13,15H2,1-4H3. The molecule has 218 valence electrons. The van der Waals surface area contributed by atoms with Crippen LogP contribution in [0.5, 0.6) is 5.75 Å². The van der Waals surface area contributed by atoms with E-state index in [4.69, 9.17) is 21.1 Å². The van der Waals surface area contributed by atoms with Crippen molar-refractivity contribution in [2.45, 2.75) is 56.7 Å². The van der Waals surface area contributed by atoms with E-state index in [9.17, 15) is 26.8 Å². The van der Waals surface area contributed by atoms with Gasteiger partial charge < -0.3 is 19.3 Å². The summed E-state index contributed by atoms with van der Waals surface area (Å²) in [6.07, 6.45) is 0.490. The van der Waals surface area contributed by atoms with Gasteiger partial charge in [-0.05, 0) is 51.8 Å². The molecule has 0 bridgehead atoms. The highest BCUT2D eigenvalue weighted by atomic mass is 35.5. The summed E-state index contributed by atoms with van der Waals surface area (Å²) >= 11 is 6.40. The number of rotatable bonds is 5. The van der Waals surface area contributed by atoms with E-state index < -0.39 is 44.7 Å². The fourth-order valence-corrected chi connectivity index (χ4v) is 5.23. The van der Waals surface area contributed by atoms with E-state index in [1.54, 1.807) is 30.6 Å². The first-order valence-electron chi connectivity index (χ1n) is 12.7. The first kappa shape index (κ1) is 29.9. The maximum atomic E-state index is 14.4. The van der Waals surface area contributed by atoms with Gasteiger partial charge in [0.1, 0.15) is 17.0 Å². The van der Waals surface area contributed by atoms with E-state index in [1.165, 1.54) is 18.2 Å². The van der Waals surface area contributed by atoms with Gasteiger partial charge in [0.05, 0.1) is 10.7 Å². The van der Waals surface area contributed by atoms with Crippen LogP contribution in [0.2, 0.25) is 5.02 Å². The average Bonchev–Trinajstić information content (AvgIpc) is 3.01. The molecule has 1 fully saturated rings. The van der Waals surface area contributed by atoms with Crippen LogP contribution in [0.3, 0.4) is 0 Å². The zero-order chi connectivity index (χ0) is 29.5. The number of benzene rings is 1. The van der Waals surface area contributed by atoms with Gasteiger partial charge >= 0.3 is 6.09 Å². The number of halogens is 3. The predicted molar refractivity (Wildman–Crippen MR) is 142 cm³/mol. The Balaban J connectivity index is 1.45. The van der Waals surface area contributed by atoms with Crippen LogP contribution in [0.1, 0.15) is 44.9 Å². The molecule has 2 amide bonds. The van der Waals surface area contributed by atoms with Crippen LogP contribution < -0.4 is 4.74 Å². The first-order valence-corrected chi connectivity index (χ1v) is 15.0. The van der Waals surface area contributed by atoms with Crippen molar-refractivity contribution >= 4 is 33.4 Å². The lowest BCUT2D eigenvalue weighted by molar-refractivity contribution is -0.133. The SMILES string of the molecule is CC(C)(C)OC(=O)N1CCCN(C(=O)COc2ccc(-c3nc(S(C)(=O)=O)nc4c3CCC4(F)F)cc2Cl)CC1. The number of hydrogen-bond acceptors (Lipinski definition) is 8. The minimum Gasteiger partial charge on any atom is -0.482 e. The van der Waals surface area contributed by atoms with Crippen LogP contribution in [0.25, 0.3) is 11.3 Å². The smallest absolute Gasteiger partial charge is 0.410 e. The van der Waals surface area contributed by atoms with Gasteiger partial charge in [0.15, 0.2) is 6.61 Å². The third-order valence-electron chi connectivity index (χ3n) is 6.41. The van der Waals surface area contributed by atoms with Crippen molar-refractivity contribution in [3.05, 3.63) is 34.5 Å². The minimum atomic E-state index is -3.96. The fourth-order valence-electron chi connectivity index (χ4n) is 4.48.